The van der Waals surface area contributed by atoms with Gasteiger partial charge in [-0.25, -0.2) is 4.79 Å². The van der Waals surface area contributed by atoms with E-state index in [9.17, 15) is 9.59 Å². The third kappa shape index (κ3) is 5.66. The summed E-state index contributed by atoms with van der Waals surface area (Å²) in [4.78, 5) is 29.0. The number of benzene rings is 2. The maximum absolute atomic E-state index is 13.1. The van der Waals surface area contributed by atoms with Crippen molar-refractivity contribution in [2.24, 2.45) is 0 Å². The van der Waals surface area contributed by atoms with Crippen LogP contribution in [0.4, 0.5) is 4.79 Å². The molecule has 0 spiro atoms. The van der Waals surface area contributed by atoms with Gasteiger partial charge in [0, 0.05) is 36.1 Å². The SMILES string of the molecule is O=C(NCc1ccccc1)NC(Cc1c[nH]c2ccccc12)C(=O)NC1CCCCC1. The molecular weight excluding hydrogens is 388 g/mol. The normalized spacial score (nSPS) is 15.4. The Labute approximate surface area is 182 Å². The molecule has 1 atom stereocenters. The number of aromatic nitrogens is 1. The average molecular weight is 419 g/mol. The number of carbonyl (C=O) groups excluding carboxylic acids is 2. The van der Waals surface area contributed by atoms with Crippen molar-refractivity contribution in [3.05, 3.63) is 71.9 Å². The van der Waals surface area contributed by atoms with Gasteiger partial charge in [0.15, 0.2) is 0 Å². The lowest BCUT2D eigenvalue weighted by molar-refractivity contribution is -0.123. The first kappa shape index (κ1) is 21.0. The quantitative estimate of drug-likeness (QED) is 0.467. The molecular formula is C25H30N4O2. The number of nitrogens with one attached hydrogen (secondary N) is 4. The summed E-state index contributed by atoms with van der Waals surface area (Å²) in [5, 5.41) is 10.0. The molecule has 1 unspecified atom stereocenters. The van der Waals surface area contributed by atoms with Gasteiger partial charge in [0.25, 0.3) is 0 Å². The molecule has 1 heterocycles. The zero-order chi connectivity index (χ0) is 21.5. The minimum atomic E-state index is -0.642. The van der Waals surface area contributed by atoms with Gasteiger partial charge in [0.1, 0.15) is 6.04 Å². The van der Waals surface area contributed by atoms with Crippen LogP contribution in [0.25, 0.3) is 10.9 Å². The Morgan fingerprint density at radius 1 is 0.968 bits per heavy atom. The highest BCUT2D eigenvalue weighted by atomic mass is 16.2. The van der Waals surface area contributed by atoms with E-state index in [1.54, 1.807) is 0 Å². The van der Waals surface area contributed by atoms with Gasteiger partial charge in [-0.1, -0.05) is 67.8 Å². The number of para-hydroxylation sites is 1. The molecule has 3 aromatic rings. The maximum Gasteiger partial charge on any atom is 0.315 e. The molecule has 1 aromatic heterocycles. The van der Waals surface area contributed by atoms with E-state index in [1.807, 2.05) is 60.8 Å². The van der Waals surface area contributed by atoms with E-state index in [4.69, 9.17) is 0 Å². The fourth-order valence-corrected chi connectivity index (χ4v) is 4.27. The predicted octanol–water partition coefficient (Wildman–Crippen LogP) is 4.03. The van der Waals surface area contributed by atoms with Gasteiger partial charge in [-0.15, -0.1) is 0 Å². The van der Waals surface area contributed by atoms with E-state index in [-0.39, 0.29) is 18.0 Å². The summed E-state index contributed by atoms with van der Waals surface area (Å²) >= 11 is 0. The highest BCUT2D eigenvalue weighted by Gasteiger charge is 2.25. The van der Waals surface area contributed by atoms with Crippen molar-refractivity contribution >= 4 is 22.8 Å². The van der Waals surface area contributed by atoms with E-state index in [0.717, 1.165) is 47.7 Å². The van der Waals surface area contributed by atoms with Crippen molar-refractivity contribution in [2.75, 3.05) is 0 Å². The number of carbonyl (C=O) groups is 2. The second-order valence-corrected chi connectivity index (χ2v) is 8.27. The number of hydrogen-bond donors (Lipinski definition) is 4. The Morgan fingerprint density at radius 3 is 2.52 bits per heavy atom. The van der Waals surface area contributed by atoms with Crippen LogP contribution in [0.3, 0.4) is 0 Å². The molecule has 1 aliphatic rings. The van der Waals surface area contributed by atoms with Crippen molar-refractivity contribution in [3.63, 3.8) is 0 Å². The van der Waals surface area contributed by atoms with Crippen LogP contribution in [-0.4, -0.2) is 29.0 Å². The Kier molecular flexibility index (Phi) is 6.87. The van der Waals surface area contributed by atoms with E-state index >= 15 is 0 Å². The predicted molar refractivity (Wildman–Crippen MR) is 123 cm³/mol. The molecule has 3 amide bonds. The molecule has 1 aliphatic carbocycles. The first-order chi connectivity index (χ1) is 15.2. The number of H-pyrrole nitrogens is 1. The number of fused-ring (bicyclic) bond motifs is 1. The van der Waals surface area contributed by atoms with Crippen LogP contribution in [0.15, 0.2) is 60.8 Å². The van der Waals surface area contributed by atoms with Gasteiger partial charge in [0.2, 0.25) is 5.91 Å². The van der Waals surface area contributed by atoms with Crippen molar-refractivity contribution < 1.29 is 9.59 Å². The zero-order valence-corrected chi connectivity index (χ0v) is 17.7. The Hall–Kier alpha value is -3.28. The van der Waals surface area contributed by atoms with Gasteiger partial charge in [-0.05, 0) is 30.0 Å². The monoisotopic (exact) mass is 418 g/mol. The molecule has 1 saturated carbocycles. The Morgan fingerprint density at radius 2 is 1.71 bits per heavy atom. The minimum absolute atomic E-state index is 0.118. The van der Waals surface area contributed by atoms with Gasteiger partial charge < -0.3 is 20.9 Å². The van der Waals surface area contributed by atoms with Gasteiger partial charge >= 0.3 is 6.03 Å². The molecule has 1 fully saturated rings. The lowest BCUT2D eigenvalue weighted by Crippen LogP contribution is -2.53. The van der Waals surface area contributed by atoms with E-state index in [1.165, 1.54) is 6.42 Å². The summed E-state index contributed by atoms with van der Waals surface area (Å²) in [6.07, 6.45) is 7.88. The largest absolute Gasteiger partial charge is 0.361 e. The molecule has 0 radical (unpaired) electrons. The third-order valence-electron chi connectivity index (χ3n) is 5.97. The van der Waals surface area contributed by atoms with E-state index in [0.29, 0.717) is 13.0 Å². The van der Waals surface area contributed by atoms with Crippen LogP contribution in [-0.2, 0) is 17.8 Å². The number of urea groups is 1. The second kappa shape index (κ2) is 10.2. The van der Waals surface area contributed by atoms with Crippen LogP contribution < -0.4 is 16.0 Å². The van der Waals surface area contributed by atoms with E-state index in [2.05, 4.69) is 20.9 Å². The smallest absolute Gasteiger partial charge is 0.315 e. The molecule has 6 heteroatoms. The molecule has 4 N–H and O–H groups in total. The fourth-order valence-electron chi connectivity index (χ4n) is 4.27. The number of rotatable bonds is 7. The molecule has 0 saturated heterocycles. The molecule has 0 aliphatic heterocycles. The Balaban J connectivity index is 1.44. The second-order valence-electron chi connectivity index (χ2n) is 8.27. The van der Waals surface area contributed by atoms with Crippen LogP contribution in [0.2, 0.25) is 0 Å². The summed E-state index contributed by atoms with van der Waals surface area (Å²) < 4.78 is 0. The highest BCUT2D eigenvalue weighted by Crippen LogP contribution is 2.20. The Bertz CT molecular complexity index is 1010. The maximum atomic E-state index is 13.1. The lowest BCUT2D eigenvalue weighted by Gasteiger charge is -2.26. The fraction of sp³-hybridized carbons (Fsp3) is 0.360. The molecule has 2 aromatic carbocycles. The lowest BCUT2D eigenvalue weighted by atomic mass is 9.95. The molecule has 0 bridgehead atoms. The molecule has 4 rings (SSSR count). The summed E-state index contributed by atoms with van der Waals surface area (Å²) in [5.41, 5.74) is 3.05. The van der Waals surface area contributed by atoms with Crippen molar-refractivity contribution in [1.29, 1.82) is 0 Å². The van der Waals surface area contributed by atoms with Crippen LogP contribution >= 0.6 is 0 Å². The van der Waals surface area contributed by atoms with Crippen LogP contribution in [0.1, 0.15) is 43.2 Å². The standard InChI is InChI=1S/C25H30N4O2/c30-24(28-20-11-5-2-6-12-20)23(15-19-17-26-22-14-8-7-13-21(19)22)29-25(31)27-16-18-9-3-1-4-10-18/h1,3-4,7-10,13-14,17,20,23,26H,2,5-6,11-12,15-16H2,(H,28,30)(H2,27,29,31). The number of hydrogen-bond acceptors (Lipinski definition) is 2. The summed E-state index contributed by atoms with van der Waals surface area (Å²) in [6, 6.07) is 16.9. The van der Waals surface area contributed by atoms with Gasteiger partial charge in [-0.3, -0.25) is 4.79 Å². The average Bonchev–Trinajstić information content (AvgIpc) is 3.21. The first-order valence-corrected chi connectivity index (χ1v) is 11.1. The van der Waals surface area contributed by atoms with Gasteiger partial charge in [0.05, 0.1) is 0 Å². The van der Waals surface area contributed by atoms with Crippen molar-refractivity contribution in [1.82, 2.24) is 20.9 Å². The van der Waals surface area contributed by atoms with Gasteiger partial charge in [-0.2, -0.15) is 0 Å². The topological polar surface area (TPSA) is 86.0 Å². The molecule has 162 valence electrons. The first-order valence-electron chi connectivity index (χ1n) is 11.1. The van der Waals surface area contributed by atoms with Crippen molar-refractivity contribution in [3.8, 4) is 0 Å². The molecule has 6 nitrogen and oxygen atoms in total. The van der Waals surface area contributed by atoms with Crippen LogP contribution in [0, 0.1) is 0 Å². The summed E-state index contributed by atoms with van der Waals surface area (Å²) in [5.74, 6) is -0.118. The zero-order valence-electron chi connectivity index (χ0n) is 17.7. The summed E-state index contributed by atoms with van der Waals surface area (Å²) in [7, 11) is 0. The molecule has 31 heavy (non-hydrogen) atoms. The number of amides is 3. The highest BCUT2D eigenvalue weighted by molar-refractivity contribution is 5.89. The minimum Gasteiger partial charge on any atom is -0.361 e. The summed E-state index contributed by atoms with van der Waals surface area (Å²) in [6.45, 7) is 0.413. The third-order valence-corrected chi connectivity index (χ3v) is 5.97. The van der Waals surface area contributed by atoms with Crippen molar-refractivity contribution in [2.45, 2.75) is 57.2 Å². The number of aromatic amines is 1. The van der Waals surface area contributed by atoms with Crippen LogP contribution in [0.5, 0.6) is 0 Å². The van der Waals surface area contributed by atoms with E-state index < -0.39 is 6.04 Å².